The number of hydrogen-bond donors (Lipinski definition) is 1. The first-order chi connectivity index (χ1) is 13.7. The molecule has 1 amide bonds. The number of amides is 1. The number of rotatable bonds is 9. The minimum Gasteiger partial charge on any atom is -0.493 e. The van der Waals surface area contributed by atoms with Gasteiger partial charge in [-0.3, -0.25) is 4.79 Å². The van der Waals surface area contributed by atoms with E-state index < -0.39 is 0 Å². The van der Waals surface area contributed by atoms with Crippen LogP contribution in [-0.2, 0) is 17.8 Å². The lowest BCUT2D eigenvalue weighted by Crippen LogP contribution is -2.24. The molecule has 1 aromatic heterocycles. The molecule has 0 aliphatic carbocycles. The molecule has 0 aliphatic heterocycles. The number of carbonyl (C=O) groups excluding carboxylic acids is 1. The van der Waals surface area contributed by atoms with Crippen LogP contribution < -0.4 is 14.8 Å². The van der Waals surface area contributed by atoms with Gasteiger partial charge in [0.15, 0.2) is 11.5 Å². The third-order valence-corrected chi connectivity index (χ3v) is 4.73. The van der Waals surface area contributed by atoms with Gasteiger partial charge in [0, 0.05) is 6.54 Å². The molecule has 0 saturated heterocycles. The van der Waals surface area contributed by atoms with Gasteiger partial charge in [-0.25, -0.2) is 0 Å². The number of methoxy groups -OCH3 is 2. The van der Waals surface area contributed by atoms with E-state index in [2.05, 4.69) is 15.5 Å². The van der Waals surface area contributed by atoms with Crippen molar-refractivity contribution in [2.75, 3.05) is 20.0 Å². The lowest BCUT2D eigenvalue weighted by molar-refractivity contribution is -0.118. The minimum absolute atomic E-state index is 0.0894. The maximum Gasteiger partial charge on any atom is 0.277 e. The van der Waals surface area contributed by atoms with E-state index in [4.69, 9.17) is 13.9 Å². The average Bonchev–Trinajstić information content (AvgIpc) is 3.18. The summed E-state index contributed by atoms with van der Waals surface area (Å²) in [6.45, 7) is 0.495. The summed E-state index contributed by atoms with van der Waals surface area (Å²) in [4.78, 5) is 12.0. The lowest BCUT2D eigenvalue weighted by Gasteiger charge is -2.08. The summed E-state index contributed by atoms with van der Waals surface area (Å²) in [5.41, 5.74) is 2.01. The number of aromatic nitrogens is 2. The number of carbonyl (C=O) groups is 1. The minimum atomic E-state index is -0.0894. The molecule has 8 heteroatoms. The molecule has 0 atom stereocenters. The molecule has 0 aliphatic rings. The van der Waals surface area contributed by atoms with Crippen LogP contribution in [0.3, 0.4) is 0 Å². The van der Waals surface area contributed by atoms with Gasteiger partial charge in [0.05, 0.1) is 26.4 Å². The van der Waals surface area contributed by atoms with Crippen molar-refractivity contribution in [3.05, 3.63) is 65.5 Å². The standard InChI is InChI=1S/C20H21N3O4S/c1-25-16-9-8-15(10-17(16)26-2)11-19-22-23-20(27-19)28-13-18(24)21-12-14-6-4-3-5-7-14/h3-10H,11-13H2,1-2H3,(H,21,24). The zero-order chi connectivity index (χ0) is 19.8. The van der Waals surface area contributed by atoms with Gasteiger partial charge in [0.25, 0.3) is 5.22 Å². The number of hydrogen-bond acceptors (Lipinski definition) is 7. The van der Waals surface area contributed by atoms with Crippen LogP contribution in [0.4, 0.5) is 0 Å². The Hall–Kier alpha value is -3.00. The summed E-state index contributed by atoms with van der Waals surface area (Å²) >= 11 is 1.21. The molecule has 0 spiro atoms. The molecular formula is C20H21N3O4S. The second-order valence-corrected chi connectivity index (χ2v) is 6.81. The van der Waals surface area contributed by atoms with Gasteiger partial charge >= 0.3 is 0 Å². The van der Waals surface area contributed by atoms with Crippen molar-refractivity contribution in [3.8, 4) is 11.5 Å². The van der Waals surface area contributed by atoms with Crippen molar-refractivity contribution < 1.29 is 18.7 Å². The zero-order valence-electron chi connectivity index (χ0n) is 15.7. The van der Waals surface area contributed by atoms with Gasteiger partial charge in [0.2, 0.25) is 11.8 Å². The smallest absolute Gasteiger partial charge is 0.277 e. The first-order valence-electron chi connectivity index (χ1n) is 8.64. The Morgan fingerprint density at radius 1 is 1.04 bits per heavy atom. The molecule has 3 aromatic rings. The van der Waals surface area contributed by atoms with Crippen LogP contribution in [0.1, 0.15) is 17.0 Å². The van der Waals surface area contributed by atoms with Crippen LogP contribution in [0, 0.1) is 0 Å². The zero-order valence-corrected chi connectivity index (χ0v) is 16.5. The van der Waals surface area contributed by atoms with E-state index in [-0.39, 0.29) is 11.7 Å². The van der Waals surface area contributed by atoms with Crippen LogP contribution in [-0.4, -0.2) is 36.1 Å². The Labute approximate surface area is 167 Å². The van der Waals surface area contributed by atoms with E-state index in [1.165, 1.54) is 11.8 Å². The largest absolute Gasteiger partial charge is 0.493 e. The predicted octanol–water partition coefficient (Wildman–Crippen LogP) is 3.09. The summed E-state index contributed by atoms with van der Waals surface area (Å²) in [6.07, 6.45) is 0.466. The lowest BCUT2D eigenvalue weighted by atomic mass is 10.1. The molecule has 28 heavy (non-hydrogen) atoms. The van der Waals surface area contributed by atoms with Crippen LogP contribution in [0.25, 0.3) is 0 Å². The molecule has 1 N–H and O–H groups in total. The quantitative estimate of drug-likeness (QED) is 0.553. The molecule has 0 unspecified atom stereocenters. The molecule has 2 aromatic carbocycles. The summed E-state index contributed by atoms with van der Waals surface area (Å²) in [5, 5.41) is 11.3. The molecule has 146 valence electrons. The first kappa shape index (κ1) is 19.8. The van der Waals surface area contributed by atoms with Crippen LogP contribution >= 0.6 is 11.8 Å². The third-order valence-electron chi connectivity index (χ3n) is 3.91. The fraction of sp³-hybridized carbons (Fsp3) is 0.250. The second kappa shape index (κ2) is 9.80. The van der Waals surface area contributed by atoms with E-state index in [1.807, 2.05) is 48.5 Å². The number of ether oxygens (including phenoxy) is 2. The number of nitrogens with zero attached hydrogens (tertiary/aromatic N) is 2. The molecule has 0 radical (unpaired) electrons. The number of nitrogens with one attached hydrogen (secondary N) is 1. The summed E-state index contributed by atoms with van der Waals surface area (Å²) in [6, 6.07) is 15.4. The van der Waals surface area contributed by atoms with Crippen molar-refractivity contribution in [1.29, 1.82) is 0 Å². The third kappa shape index (κ3) is 5.50. The Kier molecular flexibility index (Phi) is 6.91. The highest BCUT2D eigenvalue weighted by Crippen LogP contribution is 2.28. The summed E-state index contributed by atoms with van der Waals surface area (Å²) in [7, 11) is 3.18. The molecule has 3 rings (SSSR count). The van der Waals surface area contributed by atoms with Crippen LogP contribution in [0.15, 0.2) is 58.2 Å². The Balaban J connectivity index is 1.49. The summed E-state index contributed by atoms with van der Waals surface area (Å²) < 4.78 is 16.1. The normalized spacial score (nSPS) is 10.5. The van der Waals surface area contributed by atoms with Crippen LogP contribution in [0.2, 0.25) is 0 Å². The maximum atomic E-state index is 12.0. The fourth-order valence-corrected chi connectivity index (χ4v) is 3.12. The predicted molar refractivity (Wildman–Crippen MR) is 106 cm³/mol. The van der Waals surface area contributed by atoms with Crippen LogP contribution in [0.5, 0.6) is 11.5 Å². The van der Waals surface area contributed by atoms with Gasteiger partial charge in [-0.2, -0.15) is 0 Å². The number of benzene rings is 2. The van der Waals surface area contributed by atoms with Gasteiger partial charge in [-0.1, -0.05) is 48.2 Å². The Morgan fingerprint density at radius 2 is 1.82 bits per heavy atom. The monoisotopic (exact) mass is 399 g/mol. The fourth-order valence-electron chi connectivity index (χ4n) is 2.51. The topological polar surface area (TPSA) is 86.5 Å². The van der Waals surface area contributed by atoms with Crippen molar-refractivity contribution in [2.45, 2.75) is 18.2 Å². The average molecular weight is 399 g/mol. The van der Waals surface area contributed by atoms with E-state index >= 15 is 0 Å². The SMILES string of the molecule is COc1ccc(Cc2nnc(SCC(=O)NCc3ccccc3)o2)cc1OC. The Morgan fingerprint density at radius 3 is 2.57 bits per heavy atom. The van der Waals surface area contributed by atoms with E-state index in [9.17, 15) is 4.79 Å². The van der Waals surface area contributed by atoms with Crippen molar-refractivity contribution in [3.63, 3.8) is 0 Å². The molecular weight excluding hydrogens is 378 g/mol. The molecule has 0 saturated carbocycles. The van der Waals surface area contributed by atoms with Crippen molar-refractivity contribution >= 4 is 17.7 Å². The van der Waals surface area contributed by atoms with E-state index in [0.717, 1.165) is 11.1 Å². The van der Waals surface area contributed by atoms with Gasteiger partial charge < -0.3 is 19.2 Å². The van der Waals surface area contributed by atoms with Gasteiger partial charge in [-0.05, 0) is 23.3 Å². The van der Waals surface area contributed by atoms with Crippen molar-refractivity contribution in [1.82, 2.24) is 15.5 Å². The van der Waals surface area contributed by atoms with E-state index in [0.29, 0.717) is 35.6 Å². The van der Waals surface area contributed by atoms with Gasteiger partial charge in [-0.15, -0.1) is 10.2 Å². The molecule has 0 fully saturated rings. The Bertz CT molecular complexity index is 915. The molecule has 0 bridgehead atoms. The maximum absolute atomic E-state index is 12.0. The molecule has 7 nitrogen and oxygen atoms in total. The first-order valence-corrected chi connectivity index (χ1v) is 9.63. The highest BCUT2D eigenvalue weighted by molar-refractivity contribution is 7.99. The molecule has 1 heterocycles. The highest BCUT2D eigenvalue weighted by Gasteiger charge is 2.12. The van der Waals surface area contributed by atoms with Gasteiger partial charge in [0.1, 0.15) is 0 Å². The van der Waals surface area contributed by atoms with Crippen molar-refractivity contribution in [2.24, 2.45) is 0 Å². The number of thioether (sulfide) groups is 1. The highest BCUT2D eigenvalue weighted by atomic mass is 32.2. The van der Waals surface area contributed by atoms with E-state index in [1.54, 1.807) is 14.2 Å². The summed E-state index contributed by atoms with van der Waals surface area (Å²) in [5.74, 6) is 1.90. The second-order valence-electron chi connectivity index (χ2n) is 5.88.